The topological polar surface area (TPSA) is 58.3 Å². The Morgan fingerprint density at radius 2 is 2.08 bits per heavy atom. The molecule has 72 valence electrons. The lowest BCUT2D eigenvalue weighted by Crippen LogP contribution is -2.42. The van der Waals surface area contributed by atoms with Gasteiger partial charge in [0.05, 0.1) is 6.10 Å². The Hall–Kier alpha value is -0.120. The molecule has 3 heteroatoms. The summed E-state index contributed by atoms with van der Waals surface area (Å²) in [5.41, 5.74) is 5.38. The van der Waals surface area contributed by atoms with E-state index < -0.39 is 0 Å². The first kappa shape index (κ1) is 9.96. The fourth-order valence-electron chi connectivity index (χ4n) is 1.74. The van der Waals surface area contributed by atoms with Gasteiger partial charge < -0.3 is 16.2 Å². The minimum absolute atomic E-state index is 0.128. The highest BCUT2D eigenvalue weighted by molar-refractivity contribution is 4.79. The summed E-state index contributed by atoms with van der Waals surface area (Å²) >= 11 is 0. The number of hydrogen-bond acceptors (Lipinski definition) is 3. The van der Waals surface area contributed by atoms with E-state index in [1.54, 1.807) is 0 Å². The molecule has 0 aromatic rings. The molecular formula is C9H20N2O. The van der Waals surface area contributed by atoms with E-state index in [1.807, 2.05) is 0 Å². The van der Waals surface area contributed by atoms with Crippen molar-refractivity contribution < 1.29 is 5.11 Å². The third-order valence-electron chi connectivity index (χ3n) is 2.52. The third-order valence-corrected chi connectivity index (χ3v) is 2.52. The zero-order valence-electron chi connectivity index (χ0n) is 7.63. The van der Waals surface area contributed by atoms with Crippen molar-refractivity contribution in [2.24, 2.45) is 5.73 Å². The van der Waals surface area contributed by atoms with Crippen molar-refractivity contribution in [3.8, 4) is 0 Å². The molecule has 1 fully saturated rings. The van der Waals surface area contributed by atoms with Gasteiger partial charge in [0.25, 0.3) is 0 Å². The predicted octanol–water partition coefficient (Wildman–Crippen LogP) is 0.228. The molecule has 0 aromatic heterocycles. The minimum Gasteiger partial charge on any atom is -0.392 e. The molecule has 0 aliphatic heterocycles. The molecule has 0 spiro atoms. The quantitative estimate of drug-likeness (QED) is 0.532. The van der Waals surface area contributed by atoms with Crippen LogP contribution in [-0.2, 0) is 0 Å². The number of aliphatic hydroxyl groups is 1. The molecule has 0 unspecified atom stereocenters. The monoisotopic (exact) mass is 172 g/mol. The standard InChI is InChI=1S/C9H20N2O/c10-6-3-7-11-8-4-1-2-5-9(8)12/h8-9,11-12H,1-7,10H2/t8-,9-/m0/s1. The maximum Gasteiger partial charge on any atom is 0.0693 e. The van der Waals surface area contributed by atoms with Crippen molar-refractivity contribution in [1.29, 1.82) is 0 Å². The molecule has 1 saturated carbocycles. The zero-order chi connectivity index (χ0) is 8.81. The highest BCUT2D eigenvalue weighted by Crippen LogP contribution is 2.17. The largest absolute Gasteiger partial charge is 0.392 e. The highest BCUT2D eigenvalue weighted by Gasteiger charge is 2.21. The van der Waals surface area contributed by atoms with Crippen LogP contribution in [0.4, 0.5) is 0 Å². The lowest BCUT2D eigenvalue weighted by atomic mass is 9.92. The van der Waals surface area contributed by atoms with Crippen LogP contribution >= 0.6 is 0 Å². The highest BCUT2D eigenvalue weighted by atomic mass is 16.3. The van der Waals surface area contributed by atoms with E-state index >= 15 is 0 Å². The van der Waals surface area contributed by atoms with Gasteiger partial charge in [-0.25, -0.2) is 0 Å². The van der Waals surface area contributed by atoms with Crippen LogP contribution < -0.4 is 11.1 Å². The van der Waals surface area contributed by atoms with Crippen LogP contribution in [0.3, 0.4) is 0 Å². The van der Waals surface area contributed by atoms with E-state index in [0.29, 0.717) is 6.04 Å². The molecule has 1 rings (SSSR count). The summed E-state index contributed by atoms with van der Waals surface area (Å²) in [7, 11) is 0. The molecule has 2 atom stereocenters. The molecule has 4 N–H and O–H groups in total. The van der Waals surface area contributed by atoms with Gasteiger partial charge >= 0.3 is 0 Å². The van der Waals surface area contributed by atoms with Crippen molar-refractivity contribution in [3.05, 3.63) is 0 Å². The van der Waals surface area contributed by atoms with Gasteiger partial charge in [0.2, 0.25) is 0 Å². The number of hydrogen-bond donors (Lipinski definition) is 3. The average Bonchev–Trinajstić information content (AvgIpc) is 2.09. The van der Waals surface area contributed by atoms with E-state index in [-0.39, 0.29) is 6.10 Å². The van der Waals surface area contributed by atoms with Gasteiger partial charge in [-0.2, -0.15) is 0 Å². The normalized spacial score (nSPS) is 30.5. The van der Waals surface area contributed by atoms with Crippen LogP contribution in [0, 0.1) is 0 Å². The SMILES string of the molecule is NCCCN[C@H]1CCCC[C@@H]1O. The van der Waals surface area contributed by atoms with Gasteiger partial charge in [0, 0.05) is 6.04 Å². The lowest BCUT2D eigenvalue weighted by Gasteiger charge is -2.28. The lowest BCUT2D eigenvalue weighted by molar-refractivity contribution is 0.0911. The van der Waals surface area contributed by atoms with Crippen LogP contribution in [0.1, 0.15) is 32.1 Å². The van der Waals surface area contributed by atoms with Gasteiger partial charge in [-0.15, -0.1) is 0 Å². The number of aliphatic hydroxyl groups excluding tert-OH is 1. The molecule has 1 aliphatic carbocycles. The van der Waals surface area contributed by atoms with Crippen LogP contribution in [-0.4, -0.2) is 30.3 Å². The van der Waals surface area contributed by atoms with Gasteiger partial charge in [0.15, 0.2) is 0 Å². The van der Waals surface area contributed by atoms with E-state index in [9.17, 15) is 5.11 Å². The molecule has 1 aliphatic rings. The van der Waals surface area contributed by atoms with Crippen LogP contribution in [0.25, 0.3) is 0 Å². The molecule has 12 heavy (non-hydrogen) atoms. The van der Waals surface area contributed by atoms with Crippen LogP contribution in [0.2, 0.25) is 0 Å². The van der Waals surface area contributed by atoms with Crippen molar-refractivity contribution in [2.45, 2.75) is 44.2 Å². The smallest absolute Gasteiger partial charge is 0.0693 e. The predicted molar refractivity (Wildman–Crippen MR) is 49.9 cm³/mol. The van der Waals surface area contributed by atoms with Gasteiger partial charge in [-0.05, 0) is 32.4 Å². The van der Waals surface area contributed by atoms with Crippen LogP contribution in [0.15, 0.2) is 0 Å². The summed E-state index contributed by atoms with van der Waals surface area (Å²) in [6.45, 7) is 1.67. The van der Waals surface area contributed by atoms with Crippen molar-refractivity contribution >= 4 is 0 Å². The van der Waals surface area contributed by atoms with E-state index in [0.717, 1.165) is 32.4 Å². The maximum absolute atomic E-state index is 9.57. The summed E-state index contributed by atoms with van der Waals surface area (Å²) < 4.78 is 0. The van der Waals surface area contributed by atoms with E-state index in [2.05, 4.69) is 5.32 Å². The summed E-state index contributed by atoms with van der Waals surface area (Å²) in [5.74, 6) is 0. The first-order chi connectivity index (χ1) is 5.84. The minimum atomic E-state index is -0.128. The molecule has 0 heterocycles. The molecule has 3 nitrogen and oxygen atoms in total. The second kappa shape index (κ2) is 5.51. The molecule has 0 bridgehead atoms. The summed E-state index contributed by atoms with van der Waals surface area (Å²) in [6.07, 6.45) is 5.37. The summed E-state index contributed by atoms with van der Waals surface area (Å²) in [4.78, 5) is 0. The fourth-order valence-corrected chi connectivity index (χ4v) is 1.74. The second-order valence-electron chi connectivity index (χ2n) is 3.55. The Labute approximate surface area is 74.3 Å². The zero-order valence-corrected chi connectivity index (χ0v) is 7.63. The Kier molecular flexibility index (Phi) is 4.58. The number of nitrogens with one attached hydrogen (secondary N) is 1. The van der Waals surface area contributed by atoms with Gasteiger partial charge in [-0.3, -0.25) is 0 Å². The summed E-state index contributed by atoms with van der Waals surface area (Å²) in [5, 5.41) is 12.9. The Morgan fingerprint density at radius 1 is 1.33 bits per heavy atom. The second-order valence-corrected chi connectivity index (χ2v) is 3.55. The van der Waals surface area contributed by atoms with Gasteiger partial charge in [-0.1, -0.05) is 12.8 Å². The molecule has 0 saturated heterocycles. The van der Waals surface area contributed by atoms with Crippen LogP contribution in [0.5, 0.6) is 0 Å². The van der Waals surface area contributed by atoms with Crippen molar-refractivity contribution in [1.82, 2.24) is 5.32 Å². The molecule has 0 aromatic carbocycles. The van der Waals surface area contributed by atoms with Gasteiger partial charge in [0.1, 0.15) is 0 Å². The van der Waals surface area contributed by atoms with E-state index in [4.69, 9.17) is 5.73 Å². The third kappa shape index (κ3) is 3.09. The molecule has 0 radical (unpaired) electrons. The molecular weight excluding hydrogens is 152 g/mol. The fraction of sp³-hybridized carbons (Fsp3) is 1.00. The number of nitrogens with two attached hydrogens (primary N) is 1. The Morgan fingerprint density at radius 3 is 2.75 bits per heavy atom. The average molecular weight is 172 g/mol. The Balaban J connectivity index is 2.11. The Bertz CT molecular complexity index is 119. The first-order valence-electron chi connectivity index (χ1n) is 4.96. The van der Waals surface area contributed by atoms with Crippen molar-refractivity contribution in [3.63, 3.8) is 0 Å². The maximum atomic E-state index is 9.57. The number of rotatable bonds is 4. The summed E-state index contributed by atoms with van der Waals surface area (Å²) in [6, 6.07) is 0.324. The van der Waals surface area contributed by atoms with Crippen molar-refractivity contribution in [2.75, 3.05) is 13.1 Å². The first-order valence-corrected chi connectivity index (χ1v) is 4.96. The molecule has 0 amide bonds. The van der Waals surface area contributed by atoms with E-state index in [1.165, 1.54) is 12.8 Å².